The minimum absolute atomic E-state index is 0.317. The molecule has 114 valence electrons. The van der Waals surface area contributed by atoms with Gasteiger partial charge in [-0.3, -0.25) is 0 Å². The van der Waals surface area contributed by atoms with E-state index in [1.807, 2.05) is 60.8 Å². The fourth-order valence-corrected chi connectivity index (χ4v) is 3.35. The third-order valence-electron chi connectivity index (χ3n) is 4.52. The van der Waals surface area contributed by atoms with E-state index in [1.54, 1.807) is 0 Å². The molecule has 0 bridgehead atoms. The Morgan fingerprint density at radius 2 is 1.54 bits per heavy atom. The van der Waals surface area contributed by atoms with Crippen LogP contribution in [0.1, 0.15) is 0 Å². The number of benzene rings is 3. The molecule has 2 heterocycles. The molecular weight excluding hydrogens is 298 g/mol. The van der Waals surface area contributed by atoms with Gasteiger partial charge in [-0.2, -0.15) is 0 Å². The van der Waals surface area contributed by atoms with Crippen molar-refractivity contribution in [2.75, 3.05) is 0 Å². The maximum Gasteiger partial charge on any atom is 0.344 e. The van der Waals surface area contributed by atoms with E-state index in [9.17, 15) is 4.79 Å². The number of aromatic amines is 1. The Hall–Kier alpha value is -3.33. The Labute approximate surface area is 137 Å². The molecule has 0 fully saturated rings. The monoisotopic (exact) mass is 311 g/mol. The lowest BCUT2D eigenvalue weighted by Gasteiger charge is -2.05. The van der Waals surface area contributed by atoms with Crippen LogP contribution >= 0.6 is 0 Å². The molecule has 24 heavy (non-hydrogen) atoms. The Morgan fingerprint density at radius 3 is 2.46 bits per heavy atom. The molecule has 0 spiro atoms. The fraction of sp³-hybridized carbons (Fsp3) is 0. The molecule has 0 aliphatic heterocycles. The van der Waals surface area contributed by atoms with Gasteiger partial charge in [-0.1, -0.05) is 48.5 Å². The van der Waals surface area contributed by atoms with Crippen LogP contribution in [0.25, 0.3) is 43.8 Å². The number of para-hydroxylation sites is 1. The van der Waals surface area contributed by atoms with Crippen molar-refractivity contribution < 1.29 is 4.42 Å². The number of nitrogens with one attached hydrogen (secondary N) is 1. The highest BCUT2D eigenvalue weighted by molar-refractivity contribution is 6.07. The predicted octanol–water partition coefficient (Wildman–Crippen LogP) is 5.09. The molecule has 0 amide bonds. The molecule has 0 atom stereocenters. The average Bonchev–Trinajstić information content (AvgIpc) is 3.05. The van der Waals surface area contributed by atoms with Gasteiger partial charge in [0, 0.05) is 28.0 Å². The van der Waals surface area contributed by atoms with Crippen LogP contribution in [0.2, 0.25) is 0 Å². The summed E-state index contributed by atoms with van der Waals surface area (Å²) < 4.78 is 5.60. The van der Waals surface area contributed by atoms with E-state index < -0.39 is 0 Å². The van der Waals surface area contributed by atoms with Gasteiger partial charge in [-0.15, -0.1) is 0 Å². The zero-order valence-corrected chi connectivity index (χ0v) is 12.7. The van der Waals surface area contributed by atoms with Gasteiger partial charge in [-0.25, -0.2) is 4.79 Å². The highest BCUT2D eigenvalue weighted by atomic mass is 16.4. The second-order valence-corrected chi connectivity index (χ2v) is 5.89. The molecule has 1 N–H and O–H groups in total. The Kier molecular flexibility index (Phi) is 2.65. The van der Waals surface area contributed by atoms with E-state index in [0.29, 0.717) is 11.1 Å². The van der Waals surface area contributed by atoms with Crippen LogP contribution < -0.4 is 5.63 Å². The highest BCUT2D eigenvalue weighted by Gasteiger charge is 2.13. The van der Waals surface area contributed by atoms with Gasteiger partial charge in [-0.05, 0) is 29.0 Å². The summed E-state index contributed by atoms with van der Waals surface area (Å²) in [5.41, 5.74) is 2.75. The van der Waals surface area contributed by atoms with E-state index in [4.69, 9.17) is 4.42 Å². The summed E-state index contributed by atoms with van der Waals surface area (Å²) in [4.78, 5) is 15.7. The molecule has 0 saturated heterocycles. The van der Waals surface area contributed by atoms with Gasteiger partial charge >= 0.3 is 5.63 Å². The smallest absolute Gasteiger partial charge is 0.344 e. The molecule has 0 saturated carbocycles. The Balaban J connectivity index is 1.90. The van der Waals surface area contributed by atoms with Crippen molar-refractivity contribution in [1.29, 1.82) is 0 Å². The van der Waals surface area contributed by atoms with Crippen molar-refractivity contribution in [2.45, 2.75) is 0 Å². The van der Waals surface area contributed by atoms with E-state index in [-0.39, 0.29) is 5.63 Å². The number of hydrogen-bond acceptors (Lipinski definition) is 2. The maximum absolute atomic E-state index is 12.5. The first-order valence-electron chi connectivity index (χ1n) is 7.83. The first kappa shape index (κ1) is 13.1. The molecule has 0 aliphatic rings. The van der Waals surface area contributed by atoms with E-state index in [0.717, 1.165) is 32.6 Å². The fourth-order valence-electron chi connectivity index (χ4n) is 3.35. The van der Waals surface area contributed by atoms with Crippen LogP contribution in [0, 0.1) is 0 Å². The van der Waals surface area contributed by atoms with Crippen molar-refractivity contribution in [1.82, 2.24) is 4.98 Å². The quantitative estimate of drug-likeness (QED) is 0.346. The normalized spacial score (nSPS) is 11.5. The standard InChI is InChI=1S/C21H13NO2/c23-21-17(18-12-22-19-8-4-3-7-15(18)19)11-16-14-6-2-1-5-13(14)9-10-20(16)24-21/h1-12,22H. The van der Waals surface area contributed by atoms with Gasteiger partial charge in [0.05, 0.1) is 5.56 Å². The average molecular weight is 311 g/mol. The lowest BCUT2D eigenvalue weighted by molar-refractivity contribution is 0.564. The van der Waals surface area contributed by atoms with E-state index in [2.05, 4.69) is 17.1 Å². The molecule has 5 aromatic rings. The van der Waals surface area contributed by atoms with Crippen LogP contribution in [0.5, 0.6) is 0 Å². The summed E-state index contributed by atoms with van der Waals surface area (Å²) >= 11 is 0. The molecule has 3 aromatic carbocycles. The Bertz CT molecular complexity index is 1280. The topological polar surface area (TPSA) is 46.0 Å². The van der Waals surface area contributed by atoms with Crippen LogP contribution in [-0.4, -0.2) is 4.98 Å². The van der Waals surface area contributed by atoms with Crippen molar-refractivity contribution in [3.05, 3.63) is 83.3 Å². The van der Waals surface area contributed by atoms with Crippen molar-refractivity contribution >= 4 is 32.6 Å². The third kappa shape index (κ3) is 1.82. The van der Waals surface area contributed by atoms with Gasteiger partial charge in [0.15, 0.2) is 0 Å². The summed E-state index contributed by atoms with van der Waals surface area (Å²) in [6.07, 6.45) is 1.87. The molecule has 5 rings (SSSR count). The summed E-state index contributed by atoms with van der Waals surface area (Å²) in [5, 5.41) is 4.18. The second kappa shape index (κ2) is 4.83. The Morgan fingerprint density at radius 1 is 0.750 bits per heavy atom. The molecule has 0 aliphatic carbocycles. The number of aromatic nitrogens is 1. The molecule has 2 aromatic heterocycles. The van der Waals surface area contributed by atoms with Crippen molar-refractivity contribution in [2.24, 2.45) is 0 Å². The lowest BCUT2D eigenvalue weighted by atomic mass is 10.0. The molecule has 0 unspecified atom stereocenters. The summed E-state index contributed by atoms with van der Waals surface area (Å²) in [5.74, 6) is 0. The van der Waals surface area contributed by atoms with Crippen LogP contribution in [0.15, 0.2) is 82.1 Å². The van der Waals surface area contributed by atoms with E-state index >= 15 is 0 Å². The van der Waals surface area contributed by atoms with Crippen molar-refractivity contribution in [3.63, 3.8) is 0 Å². The molecule has 0 radical (unpaired) electrons. The van der Waals surface area contributed by atoms with Crippen molar-refractivity contribution in [3.8, 4) is 11.1 Å². The number of hydrogen-bond donors (Lipinski definition) is 1. The van der Waals surface area contributed by atoms with Gasteiger partial charge < -0.3 is 9.40 Å². The van der Waals surface area contributed by atoms with Gasteiger partial charge in [0.1, 0.15) is 5.58 Å². The summed E-state index contributed by atoms with van der Waals surface area (Å²) in [6, 6.07) is 21.8. The van der Waals surface area contributed by atoms with Gasteiger partial charge in [0.25, 0.3) is 0 Å². The minimum atomic E-state index is -0.317. The summed E-state index contributed by atoms with van der Waals surface area (Å²) in [6.45, 7) is 0. The highest BCUT2D eigenvalue weighted by Crippen LogP contribution is 2.31. The lowest BCUT2D eigenvalue weighted by Crippen LogP contribution is -2.02. The number of rotatable bonds is 1. The zero-order valence-electron chi connectivity index (χ0n) is 12.7. The number of fused-ring (bicyclic) bond motifs is 4. The summed E-state index contributed by atoms with van der Waals surface area (Å²) in [7, 11) is 0. The SMILES string of the molecule is O=c1oc2ccc3ccccc3c2cc1-c1c[nH]c2ccccc12. The third-order valence-corrected chi connectivity index (χ3v) is 4.52. The minimum Gasteiger partial charge on any atom is -0.422 e. The first-order chi connectivity index (χ1) is 11.8. The van der Waals surface area contributed by atoms with Crippen LogP contribution in [0.3, 0.4) is 0 Å². The molecular formula is C21H13NO2. The largest absolute Gasteiger partial charge is 0.422 e. The first-order valence-corrected chi connectivity index (χ1v) is 7.83. The molecule has 3 heteroatoms. The van der Waals surface area contributed by atoms with E-state index in [1.165, 1.54) is 0 Å². The maximum atomic E-state index is 12.5. The van der Waals surface area contributed by atoms with Crippen LogP contribution in [-0.2, 0) is 0 Å². The predicted molar refractivity (Wildman–Crippen MR) is 97.3 cm³/mol. The number of H-pyrrole nitrogens is 1. The van der Waals surface area contributed by atoms with Gasteiger partial charge in [0.2, 0.25) is 0 Å². The second-order valence-electron chi connectivity index (χ2n) is 5.89. The van der Waals surface area contributed by atoms with Crippen LogP contribution in [0.4, 0.5) is 0 Å². The zero-order chi connectivity index (χ0) is 16.1. The molecule has 3 nitrogen and oxygen atoms in total.